The highest BCUT2D eigenvalue weighted by atomic mass is 15.2. The Morgan fingerprint density at radius 1 is 0.262 bits per heavy atom. The molecule has 13 rings (SSSR count). The van der Waals surface area contributed by atoms with Gasteiger partial charge in [0.1, 0.15) is 5.82 Å². The highest BCUT2D eigenvalue weighted by Crippen LogP contribution is 2.39. The Morgan fingerprint density at radius 3 is 1.25 bits per heavy atom. The van der Waals surface area contributed by atoms with Gasteiger partial charge in [-0.3, -0.25) is 4.57 Å². The molecule has 7 heteroatoms. The van der Waals surface area contributed by atoms with Crippen molar-refractivity contribution >= 4 is 54.6 Å². The summed E-state index contributed by atoms with van der Waals surface area (Å²) in [7, 11) is 0. The molecule has 0 saturated heterocycles. The number of nitrogens with zero attached hydrogens (tertiary/aromatic N) is 7. The summed E-state index contributed by atoms with van der Waals surface area (Å²) < 4.78 is 6.79. The molecule has 0 atom stereocenters. The number of aromatic nitrogens is 7. The second kappa shape index (κ2) is 14.9. The van der Waals surface area contributed by atoms with Crippen LogP contribution in [-0.2, 0) is 0 Å². The fourth-order valence-corrected chi connectivity index (χ4v) is 9.52. The van der Waals surface area contributed by atoms with E-state index in [0.717, 1.165) is 56.0 Å². The number of hydrogen-bond donors (Lipinski definition) is 0. The van der Waals surface area contributed by atoms with Crippen molar-refractivity contribution in [1.29, 1.82) is 0 Å². The summed E-state index contributed by atoms with van der Waals surface area (Å²) in [6.07, 6.45) is 0. The second-order valence-corrected chi connectivity index (χ2v) is 16.3. The molecule has 13 aromatic rings. The summed E-state index contributed by atoms with van der Waals surface area (Å²) in [6.45, 7) is 0. The summed E-state index contributed by atoms with van der Waals surface area (Å²) >= 11 is 0. The third-order valence-electron chi connectivity index (χ3n) is 12.5. The van der Waals surface area contributed by atoms with Crippen molar-refractivity contribution in [3.8, 4) is 62.6 Å². The van der Waals surface area contributed by atoms with Crippen LogP contribution in [0.4, 0.5) is 0 Å². The average Bonchev–Trinajstić information content (AvgIpc) is 4.05. The van der Waals surface area contributed by atoms with Gasteiger partial charge in [-0.05, 0) is 96.1 Å². The average molecular weight is 832 g/mol. The SMILES string of the molecule is c1ccc(-c2nc(-c3ccccc3)nc(-n3c(-c4ccc(-n5c6ccccc6c6cc(-c7ccc8c(c7)c7ccccc7n8-c7ccccc7)ccc65)cc4)nc4ccccc43)n2)cc1. The van der Waals surface area contributed by atoms with Crippen LogP contribution in [0.5, 0.6) is 0 Å². The maximum Gasteiger partial charge on any atom is 0.240 e. The van der Waals surface area contributed by atoms with Crippen LogP contribution in [0.3, 0.4) is 0 Å². The molecule has 0 fully saturated rings. The standard InChI is InChI=1S/C58H37N7/c1-4-16-38(17-5-1)55-60-56(39-18-6-2-7-19-39)62-58(61-55)65-54-27-15-12-24-49(54)59-57(65)40-28-32-44(33-29-40)64-51-26-14-11-23-46(51)48-37-42(31-35-53(48)64)41-30-34-52-47(36-41)45-22-10-13-25-50(45)63(52)43-20-8-3-9-21-43/h1-37H. The molecule has 0 aliphatic rings. The van der Waals surface area contributed by atoms with Crippen molar-refractivity contribution in [3.63, 3.8) is 0 Å². The van der Waals surface area contributed by atoms with Gasteiger partial charge in [-0.15, -0.1) is 0 Å². The first-order valence-electron chi connectivity index (χ1n) is 21.8. The van der Waals surface area contributed by atoms with Crippen LogP contribution in [-0.4, -0.2) is 33.6 Å². The molecule has 65 heavy (non-hydrogen) atoms. The molecule has 0 radical (unpaired) electrons. The van der Waals surface area contributed by atoms with Crippen molar-refractivity contribution in [3.05, 3.63) is 224 Å². The molecule has 0 unspecified atom stereocenters. The maximum absolute atomic E-state index is 5.20. The van der Waals surface area contributed by atoms with E-state index < -0.39 is 0 Å². The van der Waals surface area contributed by atoms with E-state index >= 15 is 0 Å². The maximum atomic E-state index is 5.20. The van der Waals surface area contributed by atoms with E-state index in [9.17, 15) is 0 Å². The minimum atomic E-state index is 0.504. The van der Waals surface area contributed by atoms with Gasteiger partial charge in [0.05, 0.1) is 33.1 Å². The van der Waals surface area contributed by atoms with Gasteiger partial charge in [0.2, 0.25) is 5.95 Å². The molecule has 0 N–H and O–H groups in total. The Labute approximate surface area is 373 Å². The van der Waals surface area contributed by atoms with Gasteiger partial charge < -0.3 is 9.13 Å². The lowest BCUT2D eigenvalue weighted by Gasteiger charge is -2.13. The molecule has 0 spiro atoms. The smallest absolute Gasteiger partial charge is 0.240 e. The van der Waals surface area contributed by atoms with Crippen LogP contribution in [0.15, 0.2) is 224 Å². The molecule has 9 aromatic carbocycles. The molecule has 0 saturated carbocycles. The van der Waals surface area contributed by atoms with Crippen molar-refractivity contribution in [2.75, 3.05) is 0 Å². The van der Waals surface area contributed by atoms with Crippen molar-refractivity contribution in [1.82, 2.24) is 33.6 Å². The largest absolute Gasteiger partial charge is 0.309 e. The number of imidazole rings is 1. The van der Waals surface area contributed by atoms with E-state index in [-0.39, 0.29) is 0 Å². The highest BCUT2D eigenvalue weighted by molar-refractivity contribution is 6.12. The third kappa shape index (κ3) is 6.05. The molecule has 7 nitrogen and oxygen atoms in total. The number of benzene rings is 9. The molecular formula is C58H37N7. The fraction of sp³-hybridized carbons (Fsp3) is 0. The number of para-hydroxylation sites is 5. The molecule has 0 bridgehead atoms. The predicted molar refractivity (Wildman–Crippen MR) is 265 cm³/mol. The molecule has 4 aromatic heterocycles. The van der Waals surface area contributed by atoms with Crippen LogP contribution in [0, 0.1) is 0 Å². The van der Waals surface area contributed by atoms with Crippen molar-refractivity contribution < 1.29 is 0 Å². The molecule has 4 heterocycles. The number of fused-ring (bicyclic) bond motifs is 7. The summed E-state index contributed by atoms with van der Waals surface area (Å²) in [5.41, 5.74) is 13.8. The molecule has 0 aliphatic carbocycles. The molecule has 0 amide bonds. The third-order valence-corrected chi connectivity index (χ3v) is 12.5. The Hall–Kier alpha value is -8.94. The fourth-order valence-electron chi connectivity index (χ4n) is 9.52. The number of rotatable bonds is 7. The minimum absolute atomic E-state index is 0.504. The first-order chi connectivity index (χ1) is 32.2. The predicted octanol–water partition coefficient (Wildman–Crippen LogP) is 14.1. The lowest BCUT2D eigenvalue weighted by molar-refractivity contribution is 0.929. The first-order valence-corrected chi connectivity index (χ1v) is 21.8. The van der Waals surface area contributed by atoms with Gasteiger partial charge in [-0.2, -0.15) is 9.97 Å². The molecule has 0 aliphatic heterocycles. The van der Waals surface area contributed by atoms with Crippen LogP contribution in [0.2, 0.25) is 0 Å². The second-order valence-electron chi connectivity index (χ2n) is 16.3. The van der Waals surface area contributed by atoms with Gasteiger partial charge in [0, 0.05) is 49.6 Å². The zero-order valence-corrected chi connectivity index (χ0v) is 35.0. The van der Waals surface area contributed by atoms with E-state index in [2.05, 4.69) is 159 Å². The summed E-state index contributed by atoms with van der Waals surface area (Å²) in [5, 5.41) is 4.89. The van der Waals surface area contributed by atoms with E-state index in [0.29, 0.717) is 17.6 Å². The van der Waals surface area contributed by atoms with Gasteiger partial charge >= 0.3 is 0 Å². The van der Waals surface area contributed by atoms with Gasteiger partial charge in [-0.25, -0.2) is 9.97 Å². The minimum Gasteiger partial charge on any atom is -0.309 e. The molecule has 304 valence electrons. The Balaban J connectivity index is 0.923. The molecular weight excluding hydrogens is 795 g/mol. The normalized spacial score (nSPS) is 11.7. The Kier molecular flexibility index (Phi) is 8.39. The quantitative estimate of drug-likeness (QED) is 0.160. The van der Waals surface area contributed by atoms with Crippen LogP contribution in [0.25, 0.3) is 117 Å². The van der Waals surface area contributed by atoms with Gasteiger partial charge in [0.25, 0.3) is 0 Å². The van der Waals surface area contributed by atoms with Crippen LogP contribution < -0.4 is 0 Å². The first kappa shape index (κ1) is 36.7. The van der Waals surface area contributed by atoms with Crippen molar-refractivity contribution in [2.45, 2.75) is 0 Å². The van der Waals surface area contributed by atoms with Gasteiger partial charge in [0.15, 0.2) is 11.6 Å². The topological polar surface area (TPSA) is 66.3 Å². The summed E-state index contributed by atoms with van der Waals surface area (Å²) in [6, 6.07) is 78.7. The Morgan fingerprint density at radius 2 is 0.692 bits per heavy atom. The van der Waals surface area contributed by atoms with E-state index in [1.165, 1.54) is 43.7 Å². The van der Waals surface area contributed by atoms with E-state index in [4.69, 9.17) is 19.9 Å². The summed E-state index contributed by atoms with van der Waals surface area (Å²) in [5.74, 6) is 2.45. The monoisotopic (exact) mass is 831 g/mol. The lowest BCUT2D eigenvalue weighted by Crippen LogP contribution is -2.08. The van der Waals surface area contributed by atoms with E-state index in [1.807, 2.05) is 78.9 Å². The number of hydrogen-bond acceptors (Lipinski definition) is 4. The zero-order valence-electron chi connectivity index (χ0n) is 35.0. The Bertz CT molecular complexity index is 3870. The van der Waals surface area contributed by atoms with Crippen molar-refractivity contribution in [2.24, 2.45) is 0 Å². The van der Waals surface area contributed by atoms with Crippen LogP contribution >= 0.6 is 0 Å². The van der Waals surface area contributed by atoms with Gasteiger partial charge in [-0.1, -0.05) is 140 Å². The lowest BCUT2D eigenvalue weighted by atomic mass is 10.0. The highest BCUT2D eigenvalue weighted by Gasteiger charge is 2.21. The van der Waals surface area contributed by atoms with Crippen LogP contribution in [0.1, 0.15) is 0 Å². The van der Waals surface area contributed by atoms with E-state index in [1.54, 1.807) is 0 Å². The summed E-state index contributed by atoms with van der Waals surface area (Å²) in [4.78, 5) is 20.4. The zero-order chi connectivity index (χ0) is 42.8.